The van der Waals surface area contributed by atoms with E-state index in [-0.39, 0.29) is 29.6 Å². The van der Waals surface area contributed by atoms with Crippen LogP contribution in [-0.2, 0) is 19.1 Å². The van der Waals surface area contributed by atoms with E-state index < -0.39 is 28.7 Å². The molecule has 0 bridgehead atoms. The summed E-state index contributed by atoms with van der Waals surface area (Å²) >= 11 is 1.55. The van der Waals surface area contributed by atoms with E-state index >= 15 is 0 Å². The second-order valence-electron chi connectivity index (χ2n) is 10.3. The van der Waals surface area contributed by atoms with Gasteiger partial charge in [0.1, 0.15) is 6.04 Å². The molecule has 5 rings (SSSR count). The number of ether oxygens (including phenoxy) is 1. The first-order valence-electron chi connectivity index (χ1n) is 13.5. The molecule has 1 aromatic rings. The van der Waals surface area contributed by atoms with E-state index in [4.69, 9.17) is 4.74 Å². The van der Waals surface area contributed by atoms with Gasteiger partial charge in [-0.3, -0.25) is 14.4 Å². The molecule has 1 aromatic carbocycles. The normalized spacial score (nSPS) is 33.3. The monoisotopic (exact) mass is 524 g/mol. The average molecular weight is 525 g/mol. The minimum atomic E-state index is -0.913. The number of likely N-dealkylation sites (tertiary alicyclic amines) is 1. The number of aliphatic hydroxyl groups is 1. The van der Waals surface area contributed by atoms with Crippen molar-refractivity contribution in [2.24, 2.45) is 11.8 Å². The number of aliphatic hydroxyl groups excluding tert-OH is 1. The van der Waals surface area contributed by atoms with Crippen LogP contribution in [0.2, 0.25) is 0 Å². The maximum absolute atomic E-state index is 14.4. The number of carbonyl (C=O) groups excluding carboxylic acids is 3. The largest absolute Gasteiger partial charge is 0.465 e. The number of fused-ring (bicyclic) bond motifs is 2. The Kier molecular flexibility index (Phi) is 7.77. The summed E-state index contributed by atoms with van der Waals surface area (Å²) in [6.45, 7) is 3.18. The van der Waals surface area contributed by atoms with Crippen molar-refractivity contribution in [2.75, 3.05) is 26.3 Å². The van der Waals surface area contributed by atoms with Crippen LogP contribution in [-0.4, -0.2) is 75.0 Å². The number of benzene rings is 1. The Labute approximate surface area is 222 Å². The molecule has 1 spiro atoms. The molecule has 4 aliphatic rings. The van der Waals surface area contributed by atoms with Crippen molar-refractivity contribution in [1.82, 2.24) is 9.80 Å². The fourth-order valence-electron chi connectivity index (χ4n) is 6.32. The van der Waals surface area contributed by atoms with Gasteiger partial charge in [0.05, 0.1) is 35.8 Å². The molecule has 4 aliphatic heterocycles. The first kappa shape index (κ1) is 26.0. The lowest BCUT2D eigenvalue weighted by atomic mass is 9.78. The second-order valence-corrected chi connectivity index (χ2v) is 11.8. The number of esters is 1. The summed E-state index contributed by atoms with van der Waals surface area (Å²) in [5.74, 6) is -2.17. The maximum atomic E-state index is 14.4. The Morgan fingerprint density at radius 2 is 1.95 bits per heavy atom. The Hall–Kier alpha value is -2.58. The average Bonchev–Trinajstić information content (AvgIpc) is 3.30. The van der Waals surface area contributed by atoms with Crippen molar-refractivity contribution < 1.29 is 24.2 Å². The van der Waals surface area contributed by atoms with Gasteiger partial charge in [-0.2, -0.15) is 0 Å². The minimum Gasteiger partial charge on any atom is -0.465 e. The molecule has 37 heavy (non-hydrogen) atoms. The number of unbranched alkanes of at least 4 members (excludes halogenated alkanes) is 1. The SMILES string of the molecule is CCCCN1CC=C[C@]23S[C@@H]4/C=C\CCCCOC(=O)[C@@H]4[C@H]2C(=O)N([C@H](CO)c2ccccc2)C3C1=O. The van der Waals surface area contributed by atoms with Crippen LogP contribution in [0.5, 0.6) is 0 Å². The lowest BCUT2D eigenvalue weighted by Crippen LogP contribution is -2.54. The number of cyclic esters (lactones) is 1. The molecule has 6 atom stereocenters. The standard InChI is InChI=1S/C29H36N2O5S/c1-2-3-16-30-17-11-15-29-24(23-22(37-29)14-9-4-5-10-18-36-28(23)35)26(33)31(25(29)27(30)34)21(19-32)20-12-7-6-8-13-20/h6-9,11-15,21-25,32H,2-5,10,16-19H2,1H3/b14-9-/t21-,22-,23+,24+,25?,29+/m1/s1. The Morgan fingerprint density at radius 1 is 1.14 bits per heavy atom. The predicted octanol–water partition coefficient (Wildman–Crippen LogP) is 3.50. The number of amides is 2. The maximum Gasteiger partial charge on any atom is 0.311 e. The number of thioether (sulfide) groups is 1. The van der Waals surface area contributed by atoms with Crippen molar-refractivity contribution in [1.29, 1.82) is 0 Å². The smallest absolute Gasteiger partial charge is 0.311 e. The molecule has 2 amide bonds. The fraction of sp³-hybridized carbons (Fsp3) is 0.552. The van der Waals surface area contributed by atoms with Gasteiger partial charge in [0, 0.05) is 18.3 Å². The van der Waals surface area contributed by atoms with Gasteiger partial charge in [0.25, 0.3) is 0 Å². The molecule has 0 radical (unpaired) electrons. The number of hydrogen-bond acceptors (Lipinski definition) is 6. The molecule has 1 N–H and O–H groups in total. The molecule has 0 aromatic heterocycles. The third-order valence-corrected chi connectivity index (χ3v) is 9.84. The lowest BCUT2D eigenvalue weighted by Gasteiger charge is -2.38. The highest BCUT2D eigenvalue weighted by atomic mass is 32.2. The highest BCUT2D eigenvalue weighted by molar-refractivity contribution is 8.02. The van der Waals surface area contributed by atoms with Gasteiger partial charge in [0.2, 0.25) is 11.8 Å². The summed E-state index contributed by atoms with van der Waals surface area (Å²) < 4.78 is 4.77. The van der Waals surface area contributed by atoms with Crippen LogP contribution in [0.3, 0.4) is 0 Å². The van der Waals surface area contributed by atoms with E-state index in [1.165, 1.54) is 0 Å². The number of nitrogens with zero attached hydrogens (tertiary/aromatic N) is 2. The summed E-state index contributed by atoms with van der Waals surface area (Å²) in [4.78, 5) is 45.6. The van der Waals surface area contributed by atoms with Crippen LogP contribution in [0.4, 0.5) is 0 Å². The summed E-state index contributed by atoms with van der Waals surface area (Å²) in [6.07, 6.45) is 12.6. The van der Waals surface area contributed by atoms with Crippen molar-refractivity contribution in [3.05, 3.63) is 60.2 Å². The van der Waals surface area contributed by atoms with Crippen molar-refractivity contribution in [3.8, 4) is 0 Å². The number of allylic oxidation sites excluding steroid dienone is 1. The Balaban J connectivity index is 1.64. The topological polar surface area (TPSA) is 87.2 Å². The predicted molar refractivity (Wildman–Crippen MR) is 143 cm³/mol. The summed E-state index contributed by atoms with van der Waals surface area (Å²) in [6, 6.07) is 7.86. The van der Waals surface area contributed by atoms with Crippen LogP contribution < -0.4 is 0 Å². The van der Waals surface area contributed by atoms with E-state index in [0.717, 1.165) is 37.7 Å². The molecule has 198 valence electrons. The molecule has 2 fully saturated rings. The summed E-state index contributed by atoms with van der Waals surface area (Å²) in [5.41, 5.74) is 0.768. The zero-order valence-corrected chi connectivity index (χ0v) is 22.1. The van der Waals surface area contributed by atoms with Gasteiger partial charge in [-0.25, -0.2) is 0 Å². The van der Waals surface area contributed by atoms with Crippen LogP contribution in [0.25, 0.3) is 0 Å². The van der Waals surface area contributed by atoms with Crippen molar-refractivity contribution in [3.63, 3.8) is 0 Å². The van der Waals surface area contributed by atoms with Crippen LogP contribution >= 0.6 is 11.8 Å². The van der Waals surface area contributed by atoms with Crippen molar-refractivity contribution >= 4 is 29.5 Å². The third-order valence-electron chi connectivity index (χ3n) is 8.10. The second kappa shape index (κ2) is 11.0. The number of carbonyl (C=O) groups is 3. The third kappa shape index (κ3) is 4.52. The highest BCUT2D eigenvalue weighted by Gasteiger charge is 2.71. The van der Waals surface area contributed by atoms with Crippen molar-refractivity contribution in [2.45, 2.75) is 61.1 Å². The summed E-state index contributed by atoms with van der Waals surface area (Å²) in [7, 11) is 0. The van der Waals surface area contributed by atoms with Crippen LogP contribution in [0, 0.1) is 11.8 Å². The molecule has 0 aliphatic carbocycles. The van der Waals surface area contributed by atoms with E-state index in [1.807, 2.05) is 53.5 Å². The quantitative estimate of drug-likeness (QED) is 0.453. The molecule has 1 unspecified atom stereocenters. The van der Waals surface area contributed by atoms with Gasteiger partial charge in [0.15, 0.2) is 0 Å². The summed E-state index contributed by atoms with van der Waals surface area (Å²) in [5, 5.41) is 10.3. The lowest BCUT2D eigenvalue weighted by molar-refractivity contribution is -0.153. The first-order chi connectivity index (χ1) is 18.0. The van der Waals surface area contributed by atoms with Gasteiger partial charge in [-0.05, 0) is 31.2 Å². The first-order valence-corrected chi connectivity index (χ1v) is 14.4. The molecule has 8 heteroatoms. The highest BCUT2D eigenvalue weighted by Crippen LogP contribution is 2.61. The molecule has 2 saturated heterocycles. The van der Waals surface area contributed by atoms with E-state index in [1.54, 1.807) is 16.7 Å². The van der Waals surface area contributed by atoms with Gasteiger partial charge in [-0.1, -0.05) is 68.0 Å². The van der Waals surface area contributed by atoms with E-state index in [9.17, 15) is 19.5 Å². The van der Waals surface area contributed by atoms with E-state index in [0.29, 0.717) is 19.7 Å². The zero-order chi connectivity index (χ0) is 26.0. The molecule has 7 nitrogen and oxygen atoms in total. The van der Waals surface area contributed by atoms with Crippen LogP contribution in [0.1, 0.15) is 50.6 Å². The van der Waals surface area contributed by atoms with Crippen LogP contribution in [0.15, 0.2) is 54.6 Å². The Morgan fingerprint density at radius 3 is 2.70 bits per heavy atom. The van der Waals surface area contributed by atoms with Gasteiger partial charge >= 0.3 is 5.97 Å². The number of rotatable bonds is 6. The number of hydrogen-bond donors (Lipinski definition) is 1. The molecule has 4 heterocycles. The zero-order valence-electron chi connectivity index (χ0n) is 21.3. The fourth-order valence-corrected chi connectivity index (χ4v) is 8.31. The molecular formula is C29H36N2O5S. The van der Waals surface area contributed by atoms with E-state index in [2.05, 4.69) is 13.0 Å². The molecule has 0 saturated carbocycles. The van der Waals surface area contributed by atoms with Gasteiger partial charge in [-0.15, -0.1) is 11.8 Å². The van der Waals surface area contributed by atoms with Gasteiger partial charge < -0.3 is 19.6 Å². The molecular weight excluding hydrogens is 488 g/mol. The minimum absolute atomic E-state index is 0.114. The Bertz CT molecular complexity index is 1080.